The van der Waals surface area contributed by atoms with E-state index in [1.54, 1.807) is 29.7 Å². The fraction of sp³-hybridized carbons (Fsp3) is 0.200. The molecular formula is C5H7N2O. The first-order chi connectivity index (χ1) is 3.93. The summed E-state index contributed by atoms with van der Waals surface area (Å²) in [5.41, 5.74) is 0. The third-order valence-electron chi connectivity index (χ3n) is 0.794. The minimum Gasteiger partial charge on any atom is -0.394 e. The molecule has 0 aliphatic heterocycles. The molecule has 0 bridgehead atoms. The Bertz CT molecular complexity index is 136. The average Bonchev–Trinajstić information content (AvgIpc) is 2.19. The Morgan fingerprint density at radius 1 is 1.75 bits per heavy atom. The first-order valence-electron chi connectivity index (χ1n) is 2.37. The maximum atomic E-state index is 8.32. The zero-order valence-electron chi connectivity index (χ0n) is 4.36. The van der Waals surface area contributed by atoms with E-state index in [9.17, 15) is 0 Å². The fourth-order valence-corrected chi connectivity index (χ4v) is 0.472. The van der Waals surface area contributed by atoms with E-state index in [1.165, 1.54) is 0 Å². The van der Waals surface area contributed by atoms with E-state index in [4.69, 9.17) is 5.11 Å². The van der Waals surface area contributed by atoms with Crippen LogP contribution < -0.4 is 0 Å². The highest BCUT2D eigenvalue weighted by atomic mass is 16.3. The second-order valence-corrected chi connectivity index (χ2v) is 1.35. The normalized spacial score (nSPS) is 9.62. The van der Waals surface area contributed by atoms with Crippen LogP contribution in [0.15, 0.2) is 18.5 Å². The molecule has 0 aromatic carbocycles. The largest absolute Gasteiger partial charge is 0.394 e. The van der Waals surface area contributed by atoms with Gasteiger partial charge in [0.05, 0.1) is 13.2 Å². The number of aromatic nitrogens is 2. The van der Waals surface area contributed by atoms with E-state index in [0.29, 0.717) is 0 Å². The molecule has 0 unspecified atom stereocenters. The van der Waals surface area contributed by atoms with Gasteiger partial charge in [0, 0.05) is 12.4 Å². The van der Waals surface area contributed by atoms with E-state index in [0.717, 1.165) is 0 Å². The Kier molecular flexibility index (Phi) is 1.64. The summed E-state index contributed by atoms with van der Waals surface area (Å²) in [6.07, 6.45) is 3.42. The van der Waals surface area contributed by atoms with Crippen LogP contribution in [-0.4, -0.2) is 21.5 Å². The van der Waals surface area contributed by atoms with Crippen molar-refractivity contribution in [3.05, 3.63) is 25.0 Å². The molecule has 0 spiro atoms. The minimum absolute atomic E-state index is 0.0294. The Morgan fingerprint density at radius 3 is 3.12 bits per heavy atom. The van der Waals surface area contributed by atoms with Crippen molar-refractivity contribution >= 4 is 0 Å². The molecule has 1 rings (SSSR count). The summed E-state index contributed by atoms with van der Waals surface area (Å²) < 4.78 is 1.56. The predicted octanol–water partition coefficient (Wildman–Crippen LogP) is -0.115. The van der Waals surface area contributed by atoms with Gasteiger partial charge in [0.1, 0.15) is 0 Å². The summed E-state index contributed by atoms with van der Waals surface area (Å²) >= 11 is 0. The third kappa shape index (κ3) is 1.07. The van der Waals surface area contributed by atoms with Crippen molar-refractivity contribution in [3.8, 4) is 0 Å². The highest BCUT2D eigenvalue weighted by Crippen LogP contribution is 1.83. The summed E-state index contributed by atoms with van der Waals surface area (Å²) in [4.78, 5) is 0. The van der Waals surface area contributed by atoms with Gasteiger partial charge in [-0.05, 0) is 6.07 Å². The van der Waals surface area contributed by atoms with E-state index >= 15 is 0 Å². The van der Waals surface area contributed by atoms with Gasteiger partial charge in [-0.1, -0.05) is 0 Å². The molecule has 1 N–H and O–H groups in total. The lowest BCUT2D eigenvalue weighted by atomic mass is 10.7. The second kappa shape index (κ2) is 2.47. The van der Waals surface area contributed by atoms with Crippen molar-refractivity contribution in [1.29, 1.82) is 0 Å². The van der Waals surface area contributed by atoms with Crippen molar-refractivity contribution in [1.82, 2.24) is 9.78 Å². The van der Waals surface area contributed by atoms with E-state index < -0.39 is 0 Å². The van der Waals surface area contributed by atoms with Crippen LogP contribution in [0.3, 0.4) is 0 Å². The van der Waals surface area contributed by atoms with Gasteiger partial charge in [0.2, 0.25) is 0 Å². The molecule has 8 heavy (non-hydrogen) atoms. The van der Waals surface area contributed by atoms with Gasteiger partial charge in [-0.25, -0.2) is 0 Å². The van der Waals surface area contributed by atoms with Crippen molar-refractivity contribution in [2.24, 2.45) is 0 Å². The molecule has 0 aliphatic carbocycles. The predicted molar refractivity (Wildman–Crippen MR) is 29.0 cm³/mol. The summed E-state index contributed by atoms with van der Waals surface area (Å²) in [6.45, 7) is 1.60. The Labute approximate surface area is 47.6 Å². The lowest BCUT2D eigenvalue weighted by Crippen LogP contribution is -1.97. The molecule has 0 amide bonds. The molecule has 3 heteroatoms. The smallest absolute Gasteiger partial charge is 0.0995 e. The molecule has 1 heterocycles. The standard InChI is InChI=1S/C5H7N2O/c8-5-4-7-3-1-2-6-7/h1-4,8H,5H2. The lowest BCUT2D eigenvalue weighted by Gasteiger charge is -1.91. The Balaban J connectivity index is 2.50. The number of rotatable bonds is 2. The lowest BCUT2D eigenvalue weighted by molar-refractivity contribution is 0.316. The highest BCUT2D eigenvalue weighted by Gasteiger charge is 1.84. The minimum atomic E-state index is 0.0294. The van der Waals surface area contributed by atoms with Crippen LogP contribution in [0.4, 0.5) is 0 Å². The molecule has 1 aromatic rings. The van der Waals surface area contributed by atoms with Gasteiger partial charge < -0.3 is 5.11 Å². The summed E-state index contributed by atoms with van der Waals surface area (Å²) in [5.74, 6) is 0. The molecule has 1 aromatic heterocycles. The van der Waals surface area contributed by atoms with Crippen LogP contribution in [-0.2, 0) is 0 Å². The van der Waals surface area contributed by atoms with Crippen LogP contribution in [0, 0.1) is 6.54 Å². The molecule has 3 nitrogen and oxygen atoms in total. The first-order valence-corrected chi connectivity index (χ1v) is 2.37. The molecular weight excluding hydrogens is 104 g/mol. The topological polar surface area (TPSA) is 38.0 Å². The number of aliphatic hydroxyl groups excluding tert-OH is 1. The zero-order valence-corrected chi connectivity index (χ0v) is 4.36. The van der Waals surface area contributed by atoms with E-state index in [-0.39, 0.29) is 6.61 Å². The van der Waals surface area contributed by atoms with Crippen molar-refractivity contribution in [2.45, 2.75) is 0 Å². The maximum Gasteiger partial charge on any atom is 0.0995 e. The van der Waals surface area contributed by atoms with E-state index in [2.05, 4.69) is 5.10 Å². The molecule has 0 aliphatic rings. The fourth-order valence-electron chi connectivity index (χ4n) is 0.472. The number of nitrogens with zero attached hydrogens (tertiary/aromatic N) is 2. The Morgan fingerprint density at radius 2 is 2.62 bits per heavy atom. The average molecular weight is 111 g/mol. The van der Waals surface area contributed by atoms with Gasteiger partial charge in [0.25, 0.3) is 0 Å². The number of hydrogen-bond acceptors (Lipinski definition) is 2. The van der Waals surface area contributed by atoms with Crippen LogP contribution >= 0.6 is 0 Å². The monoisotopic (exact) mass is 111 g/mol. The molecule has 1 radical (unpaired) electrons. The van der Waals surface area contributed by atoms with Crippen LogP contribution in [0.1, 0.15) is 0 Å². The molecule has 0 fully saturated rings. The first kappa shape index (κ1) is 5.31. The van der Waals surface area contributed by atoms with Crippen LogP contribution in [0.25, 0.3) is 0 Å². The summed E-state index contributed by atoms with van der Waals surface area (Å²) in [6, 6.07) is 1.80. The second-order valence-electron chi connectivity index (χ2n) is 1.35. The highest BCUT2D eigenvalue weighted by molar-refractivity contribution is 4.82. The van der Waals surface area contributed by atoms with Crippen LogP contribution in [0.2, 0.25) is 0 Å². The zero-order chi connectivity index (χ0) is 5.82. The van der Waals surface area contributed by atoms with E-state index in [1.807, 2.05) is 0 Å². The van der Waals surface area contributed by atoms with Gasteiger partial charge in [-0.2, -0.15) is 5.10 Å². The molecule has 0 saturated heterocycles. The molecule has 43 valence electrons. The van der Waals surface area contributed by atoms with Gasteiger partial charge >= 0.3 is 0 Å². The maximum absolute atomic E-state index is 8.32. The molecule has 0 saturated carbocycles. The number of hydrogen-bond donors (Lipinski definition) is 1. The van der Waals surface area contributed by atoms with Crippen molar-refractivity contribution in [3.63, 3.8) is 0 Å². The number of aliphatic hydroxyl groups is 1. The van der Waals surface area contributed by atoms with Crippen molar-refractivity contribution in [2.75, 3.05) is 6.61 Å². The summed E-state index contributed by atoms with van der Waals surface area (Å²) in [5, 5.41) is 12.1. The van der Waals surface area contributed by atoms with Gasteiger partial charge in [0.15, 0.2) is 0 Å². The summed E-state index contributed by atoms with van der Waals surface area (Å²) in [7, 11) is 0. The SMILES string of the molecule is OC[CH]n1cccn1. The Hall–Kier alpha value is -0.830. The van der Waals surface area contributed by atoms with Crippen LogP contribution in [0.5, 0.6) is 0 Å². The van der Waals surface area contributed by atoms with Gasteiger partial charge in [-0.15, -0.1) is 0 Å². The quantitative estimate of drug-likeness (QED) is 0.578. The van der Waals surface area contributed by atoms with Crippen molar-refractivity contribution < 1.29 is 5.11 Å². The van der Waals surface area contributed by atoms with Gasteiger partial charge in [-0.3, -0.25) is 4.68 Å². The third-order valence-corrected chi connectivity index (χ3v) is 0.794. The molecule has 0 atom stereocenters.